The van der Waals surface area contributed by atoms with E-state index in [1.54, 1.807) is 29.7 Å². The highest BCUT2D eigenvalue weighted by Gasteiger charge is 2.39. The maximum absolute atomic E-state index is 13.2. The number of piperidine rings is 2. The fourth-order valence-electron chi connectivity index (χ4n) is 6.48. The number of nitrogens with zero attached hydrogens (tertiary/aromatic N) is 5. The van der Waals surface area contributed by atoms with Gasteiger partial charge in [-0.15, -0.1) is 0 Å². The topological polar surface area (TPSA) is 118 Å². The third kappa shape index (κ3) is 4.77. The highest BCUT2D eigenvalue weighted by Crippen LogP contribution is 2.34. The molecule has 2 aromatic heterocycles. The van der Waals surface area contributed by atoms with Crippen LogP contribution in [0.5, 0.6) is 0 Å². The summed E-state index contributed by atoms with van der Waals surface area (Å²) >= 11 is 0. The number of hydrogen-bond donors (Lipinski definition) is 1. The number of rotatable bonds is 5. The molecule has 2 saturated heterocycles. The van der Waals surface area contributed by atoms with Crippen molar-refractivity contribution in [3.8, 4) is 5.69 Å². The molecule has 3 aliphatic heterocycles. The maximum Gasteiger partial charge on any atom is 0.265 e. The Kier molecular flexibility index (Phi) is 6.62. The molecule has 0 bridgehead atoms. The average molecular weight is 563 g/mol. The van der Waals surface area contributed by atoms with Gasteiger partial charge in [0.2, 0.25) is 11.8 Å². The second-order valence-corrected chi connectivity index (χ2v) is 11.3. The van der Waals surface area contributed by atoms with Crippen molar-refractivity contribution < 1.29 is 14.4 Å². The fourth-order valence-corrected chi connectivity index (χ4v) is 6.48. The van der Waals surface area contributed by atoms with Crippen molar-refractivity contribution in [2.45, 2.75) is 50.7 Å². The van der Waals surface area contributed by atoms with E-state index in [0.29, 0.717) is 41.0 Å². The number of nitrogens with one attached hydrogen (secondary N) is 1. The van der Waals surface area contributed by atoms with Crippen molar-refractivity contribution in [3.05, 3.63) is 99.9 Å². The highest BCUT2D eigenvalue weighted by atomic mass is 16.2. The number of pyridine rings is 1. The quantitative estimate of drug-likeness (QED) is 0.372. The third-order valence-corrected chi connectivity index (χ3v) is 8.76. The number of imide groups is 1. The van der Waals surface area contributed by atoms with Gasteiger partial charge in [0, 0.05) is 31.3 Å². The van der Waals surface area contributed by atoms with Crippen molar-refractivity contribution in [1.82, 2.24) is 29.7 Å². The fraction of sp³-hybridized carbons (Fsp3) is 0.312. The van der Waals surface area contributed by atoms with Crippen molar-refractivity contribution in [2.24, 2.45) is 0 Å². The van der Waals surface area contributed by atoms with E-state index >= 15 is 0 Å². The van der Waals surface area contributed by atoms with Crippen LogP contribution in [0.4, 0.5) is 0 Å². The van der Waals surface area contributed by atoms with E-state index in [4.69, 9.17) is 0 Å². The Morgan fingerprint density at radius 3 is 2.60 bits per heavy atom. The summed E-state index contributed by atoms with van der Waals surface area (Å²) in [6.07, 6.45) is 7.47. The summed E-state index contributed by atoms with van der Waals surface area (Å²) in [5.74, 6) is -0.421. The Bertz CT molecular complexity index is 1780. The highest BCUT2D eigenvalue weighted by molar-refractivity contribution is 6.05. The second kappa shape index (κ2) is 10.6. The molecular formula is C32H30N6O4. The number of carbonyl (C=O) groups is 3. The number of fused-ring (bicyclic) bond motifs is 2. The Hall–Kier alpha value is -4.70. The molecule has 3 aliphatic rings. The molecule has 0 spiro atoms. The molecule has 0 radical (unpaired) electrons. The lowest BCUT2D eigenvalue weighted by atomic mass is 9.87. The largest absolute Gasteiger partial charge is 0.322 e. The SMILES string of the molecule is O=C1CCC(N2Cc3cc(C4CCN(Cc5ccc6ncn(-c7cccnc7)c(=O)c6c5)CC4)ccc3C2=O)C(=O)N1. The Labute approximate surface area is 242 Å². The first-order valence-corrected chi connectivity index (χ1v) is 14.3. The van der Waals surface area contributed by atoms with Gasteiger partial charge in [-0.25, -0.2) is 4.98 Å². The Balaban J connectivity index is 1.01. The van der Waals surface area contributed by atoms with Gasteiger partial charge < -0.3 is 4.90 Å². The lowest BCUT2D eigenvalue weighted by Crippen LogP contribution is -2.52. The molecule has 10 heteroatoms. The Morgan fingerprint density at radius 2 is 1.81 bits per heavy atom. The van der Waals surface area contributed by atoms with Gasteiger partial charge in [0.15, 0.2) is 0 Å². The minimum atomic E-state index is -0.599. The lowest BCUT2D eigenvalue weighted by Gasteiger charge is -2.32. The van der Waals surface area contributed by atoms with Gasteiger partial charge in [-0.05, 0) is 85.3 Å². The van der Waals surface area contributed by atoms with Gasteiger partial charge >= 0.3 is 0 Å². The van der Waals surface area contributed by atoms with Gasteiger partial charge in [-0.2, -0.15) is 0 Å². The van der Waals surface area contributed by atoms with Crippen molar-refractivity contribution in [2.75, 3.05) is 13.1 Å². The summed E-state index contributed by atoms with van der Waals surface area (Å²) in [6.45, 7) is 3.00. The minimum Gasteiger partial charge on any atom is -0.322 e. The van der Waals surface area contributed by atoms with Crippen LogP contribution in [0.15, 0.2) is 72.0 Å². The zero-order chi connectivity index (χ0) is 28.8. The second-order valence-electron chi connectivity index (χ2n) is 11.3. The zero-order valence-electron chi connectivity index (χ0n) is 23.0. The monoisotopic (exact) mass is 562 g/mol. The van der Waals surface area contributed by atoms with Crippen LogP contribution in [0.2, 0.25) is 0 Å². The third-order valence-electron chi connectivity index (χ3n) is 8.76. The molecule has 5 heterocycles. The van der Waals surface area contributed by atoms with Crippen LogP contribution in [0, 0.1) is 0 Å². The summed E-state index contributed by atoms with van der Waals surface area (Å²) in [5.41, 5.74) is 5.14. The van der Waals surface area contributed by atoms with Crippen LogP contribution in [-0.4, -0.2) is 61.2 Å². The van der Waals surface area contributed by atoms with Crippen LogP contribution in [0.25, 0.3) is 16.6 Å². The molecule has 1 unspecified atom stereocenters. The first-order chi connectivity index (χ1) is 20.4. The molecule has 3 amide bonds. The van der Waals surface area contributed by atoms with Gasteiger partial charge in [0.1, 0.15) is 12.4 Å². The molecule has 42 heavy (non-hydrogen) atoms. The summed E-state index contributed by atoms with van der Waals surface area (Å²) in [7, 11) is 0. The Morgan fingerprint density at radius 1 is 0.952 bits per heavy atom. The minimum absolute atomic E-state index is 0.111. The van der Waals surface area contributed by atoms with E-state index in [9.17, 15) is 19.2 Å². The number of amides is 3. The van der Waals surface area contributed by atoms with Crippen LogP contribution >= 0.6 is 0 Å². The van der Waals surface area contributed by atoms with E-state index in [2.05, 4.69) is 32.3 Å². The number of aromatic nitrogens is 3. The predicted octanol–water partition coefficient (Wildman–Crippen LogP) is 2.92. The summed E-state index contributed by atoms with van der Waals surface area (Å²) in [5, 5.41) is 2.95. The van der Waals surface area contributed by atoms with Crippen molar-refractivity contribution in [3.63, 3.8) is 0 Å². The maximum atomic E-state index is 13.2. The molecule has 7 rings (SSSR count). The van der Waals surface area contributed by atoms with Gasteiger partial charge in [0.05, 0.1) is 22.8 Å². The van der Waals surface area contributed by atoms with E-state index in [0.717, 1.165) is 43.6 Å². The molecule has 10 nitrogen and oxygen atoms in total. The number of likely N-dealkylation sites (tertiary alicyclic amines) is 1. The van der Waals surface area contributed by atoms with Crippen LogP contribution in [-0.2, 0) is 22.7 Å². The van der Waals surface area contributed by atoms with E-state index < -0.39 is 6.04 Å². The van der Waals surface area contributed by atoms with Crippen LogP contribution < -0.4 is 10.9 Å². The molecule has 1 atom stereocenters. The average Bonchev–Trinajstić information content (AvgIpc) is 3.33. The summed E-state index contributed by atoms with van der Waals surface area (Å²) < 4.78 is 1.53. The summed E-state index contributed by atoms with van der Waals surface area (Å²) in [4.78, 5) is 62.8. The molecule has 4 aromatic rings. The van der Waals surface area contributed by atoms with Gasteiger partial charge in [0.25, 0.3) is 11.5 Å². The van der Waals surface area contributed by atoms with E-state index in [1.165, 1.54) is 10.1 Å². The lowest BCUT2D eigenvalue weighted by molar-refractivity contribution is -0.136. The molecule has 0 saturated carbocycles. The number of hydrogen-bond acceptors (Lipinski definition) is 7. The van der Waals surface area contributed by atoms with Crippen LogP contribution in [0.1, 0.15) is 58.6 Å². The molecule has 212 valence electrons. The normalized spacial score (nSPS) is 19.8. The van der Waals surface area contributed by atoms with Gasteiger partial charge in [-0.3, -0.25) is 38.9 Å². The molecular weight excluding hydrogens is 532 g/mol. The van der Waals surface area contributed by atoms with Crippen LogP contribution in [0.3, 0.4) is 0 Å². The van der Waals surface area contributed by atoms with Crippen molar-refractivity contribution >= 4 is 28.6 Å². The first kappa shape index (κ1) is 26.2. The number of benzene rings is 2. The molecule has 1 N–H and O–H groups in total. The number of carbonyl (C=O) groups excluding carboxylic acids is 3. The predicted molar refractivity (Wildman–Crippen MR) is 155 cm³/mol. The van der Waals surface area contributed by atoms with E-state index in [-0.39, 0.29) is 29.7 Å². The molecule has 2 aromatic carbocycles. The van der Waals surface area contributed by atoms with E-state index in [1.807, 2.05) is 30.3 Å². The molecule has 0 aliphatic carbocycles. The van der Waals surface area contributed by atoms with Gasteiger partial charge in [-0.1, -0.05) is 18.2 Å². The van der Waals surface area contributed by atoms with Crippen molar-refractivity contribution in [1.29, 1.82) is 0 Å². The summed E-state index contributed by atoms with van der Waals surface area (Å²) in [6, 6.07) is 15.0. The zero-order valence-corrected chi connectivity index (χ0v) is 23.0. The smallest absolute Gasteiger partial charge is 0.265 e. The standard InChI is InChI=1S/C32H30N6O4/c39-29-8-7-28(30(40)35-29)37-18-23-15-22(4-5-25(23)31(37)41)21-9-12-36(13-10-21)17-20-3-6-27-26(14-20)32(42)38(19-34-27)24-2-1-11-33-16-24/h1-6,11,14-16,19,21,28H,7-10,12-13,17-18H2,(H,35,39,40). The molecule has 2 fully saturated rings. The first-order valence-electron chi connectivity index (χ1n) is 14.3.